The molecule has 1 N–H and O–H groups in total. The third-order valence-electron chi connectivity index (χ3n) is 5.11. The third kappa shape index (κ3) is 3.55. The molecule has 1 atom stereocenters. The fraction of sp³-hybridized carbons (Fsp3) is 0.933. The van der Waals surface area contributed by atoms with E-state index in [0.717, 1.165) is 19.3 Å². The van der Waals surface area contributed by atoms with Gasteiger partial charge in [0.05, 0.1) is 18.6 Å². The number of carbonyl (C=O) groups excluding carboxylic acids is 1. The number of ether oxygens (including phenoxy) is 1. The summed E-state index contributed by atoms with van der Waals surface area (Å²) in [5.41, 5.74) is -0.458. The van der Waals surface area contributed by atoms with Gasteiger partial charge in [0.15, 0.2) is 0 Å². The van der Waals surface area contributed by atoms with E-state index >= 15 is 0 Å². The Bertz CT molecular complexity index is 529. The lowest BCUT2D eigenvalue weighted by atomic mass is 9.74. The van der Waals surface area contributed by atoms with Crippen LogP contribution in [0.3, 0.4) is 0 Å². The van der Waals surface area contributed by atoms with Crippen LogP contribution in [0.1, 0.15) is 33.1 Å². The molecule has 2 saturated heterocycles. The number of nitrogens with one attached hydrogen (secondary N) is 1. The highest BCUT2D eigenvalue weighted by atomic mass is 32.2. The fourth-order valence-corrected chi connectivity index (χ4v) is 4.46. The van der Waals surface area contributed by atoms with E-state index in [1.165, 1.54) is 8.61 Å². The predicted molar refractivity (Wildman–Crippen MR) is 88.1 cm³/mol. The van der Waals surface area contributed by atoms with Crippen LogP contribution in [0, 0.1) is 11.3 Å². The molecule has 7 nitrogen and oxygen atoms in total. The monoisotopic (exact) mass is 347 g/mol. The van der Waals surface area contributed by atoms with Crippen LogP contribution in [0.15, 0.2) is 0 Å². The number of carbonyl (C=O) groups is 1. The number of amides is 1. The van der Waals surface area contributed by atoms with Gasteiger partial charge in [-0.15, -0.1) is 0 Å². The molecule has 0 aromatic carbocycles. The minimum Gasteiger partial charge on any atom is -0.379 e. The highest BCUT2D eigenvalue weighted by Gasteiger charge is 2.48. The number of nitrogens with zero attached hydrogens (tertiary/aromatic N) is 2. The highest BCUT2D eigenvalue weighted by molar-refractivity contribution is 7.86. The lowest BCUT2D eigenvalue weighted by Gasteiger charge is -2.44. The number of hydrogen-bond donors (Lipinski definition) is 1. The summed E-state index contributed by atoms with van der Waals surface area (Å²) in [6, 6.07) is -0.176. The summed E-state index contributed by atoms with van der Waals surface area (Å²) < 4.78 is 32.9. The maximum Gasteiger partial charge on any atom is 0.281 e. The van der Waals surface area contributed by atoms with Crippen molar-refractivity contribution >= 4 is 16.1 Å². The van der Waals surface area contributed by atoms with E-state index in [1.54, 1.807) is 14.1 Å². The Morgan fingerprint density at radius 2 is 2.00 bits per heavy atom. The van der Waals surface area contributed by atoms with Crippen LogP contribution in [0.5, 0.6) is 0 Å². The summed E-state index contributed by atoms with van der Waals surface area (Å²) in [5, 5.41) is 2.97. The van der Waals surface area contributed by atoms with Gasteiger partial charge in [0, 0.05) is 33.2 Å². The summed E-state index contributed by atoms with van der Waals surface area (Å²) in [6.45, 7) is 5.80. The predicted octanol–water partition coefficient (Wildman–Crippen LogP) is 0.436. The summed E-state index contributed by atoms with van der Waals surface area (Å²) in [4.78, 5) is 12.6. The molecule has 0 spiro atoms. The molecule has 1 unspecified atom stereocenters. The van der Waals surface area contributed by atoms with Crippen LogP contribution in [0.2, 0.25) is 0 Å². The first-order chi connectivity index (χ1) is 10.7. The Hall–Kier alpha value is -0.700. The first kappa shape index (κ1) is 18.6. The Labute approximate surface area is 139 Å². The minimum absolute atomic E-state index is 0.0217. The summed E-state index contributed by atoms with van der Waals surface area (Å²) in [6.07, 6.45) is 2.62. The molecule has 2 fully saturated rings. The van der Waals surface area contributed by atoms with Crippen molar-refractivity contribution in [2.24, 2.45) is 11.3 Å². The molecular weight excluding hydrogens is 318 g/mol. The van der Waals surface area contributed by atoms with Gasteiger partial charge in [0.25, 0.3) is 10.2 Å². The standard InChI is InChI=1S/C15H29N3O4S/c1-12(2)15(10-22-11-15)14(19)16-9-13-7-5-6-8-18(13)23(20,21)17(3)4/h12-13H,5-11H2,1-4H3,(H,16,19). The van der Waals surface area contributed by atoms with E-state index in [4.69, 9.17) is 4.74 Å². The van der Waals surface area contributed by atoms with E-state index in [0.29, 0.717) is 26.3 Å². The van der Waals surface area contributed by atoms with Gasteiger partial charge in [-0.3, -0.25) is 4.79 Å². The average molecular weight is 347 g/mol. The molecule has 0 bridgehead atoms. The van der Waals surface area contributed by atoms with Gasteiger partial charge in [-0.2, -0.15) is 17.0 Å². The van der Waals surface area contributed by atoms with Crippen molar-refractivity contribution in [1.29, 1.82) is 0 Å². The molecule has 1 amide bonds. The van der Waals surface area contributed by atoms with Gasteiger partial charge in [-0.1, -0.05) is 20.3 Å². The van der Waals surface area contributed by atoms with Crippen molar-refractivity contribution in [3.8, 4) is 0 Å². The lowest BCUT2D eigenvalue weighted by Crippen LogP contribution is -2.59. The molecule has 0 aromatic rings. The molecule has 2 rings (SSSR count). The molecular formula is C15H29N3O4S. The van der Waals surface area contributed by atoms with Gasteiger partial charge in [0.1, 0.15) is 0 Å². The molecule has 8 heteroatoms. The van der Waals surface area contributed by atoms with Crippen molar-refractivity contribution in [2.75, 3.05) is 40.4 Å². The van der Waals surface area contributed by atoms with Crippen LogP contribution in [-0.4, -0.2) is 69.4 Å². The van der Waals surface area contributed by atoms with Gasteiger partial charge >= 0.3 is 0 Å². The summed E-state index contributed by atoms with van der Waals surface area (Å²) in [5.74, 6) is 0.177. The molecule has 2 aliphatic rings. The van der Waals surface area contributed by atoms with Crippen molar-refractivity contribution in [1.82, 2.24) is 13.9 Å². The van der Waals surface area contributed by atoms with Crippen molar-refractivity contribution < 1.29 is 17.9 Å². The van der Waals surface area contributed by atoms with E-state index in [2.05, 4.69) is 5.32 Å². The lowest BCUT2D eigenvalue weighted by molar-refractivity contribution is -0.172. The SMILES string of the molecule is CC(C)C1(C(=O)NCC2CCCCN2S(=O)(=O)N(C)C)COC1. The first-order valence-electron chi connectivity index (χ1n) is 8.27. The second-order valence-corrected chi connectivity index (χ2v) is 9.16. The smallest absolute Gasteiger partial charge is 0.281 e. The Balaban J connectivity index is 2.02. The maximum atomic E-state index is 12.6. The third-order valence-corrected chi connectivity index (χ3v) is 7.10. The normalized spacial score (nSPS) is 25.4. The molecule has 2 aliphatic heterocycles. The number of piperidine rings is 1. The number of rotatable bonds is 6. The topological polar surface area (TPSA) is 79.0 Å². The molecule has 2 heterocycles. The van der Waals surface area contributed by atoms with Gasteiger partial charge in [-0.05, 0) is 18.8 Å². The van der Waals surface area contributed by atoms with Gasteiger partial charge < -0.3 is 10.1 Å². The van der Waals surface area contributed by atoms with Crippen LogP contribution >= 0.6 is 0 Å². The van der Waals surface area contributed by atoms with Crippen LogP contribution in [0.4, 0.5) is 0 Å². The highest BCUT2D eigenvalue weighted by Crippen LogP contribution is 2.36. The van der Waals surface area contributed by atoms with Crippen LogP contribution in [-0.2, 0) is 19.7 Å². The zero-order valence-electron chi connectivity index (χ0n) is 14.5. The zero-order valence-corrected chi connectivity index (χ0v) is 15.4. The molecule has 0 saturated carbocycles. The second kappa shape index (κ2) is 7.04. The molecule has 134 valence electrons. The Morgan fingerprint density at radius 3 is 2.48 bits per heavy atom. The summed E-state index contributed by atoms with van der Waals surface area (Å²) >= 11 is 0. The molecule has 0 aliphatic carbocycles. The second-order valence-electron chi connectivity index (χ2n) is 7.06. The van der Waals surface area contributed by atoms with E-state index in [1.807, 2.05) is 13.8 Å². The first-order valence-corrected chi connectivity index (χ1v) is 9.67. The van der Waals surface area contributed by atoms with E-state index in [9.17, 15) is 13.2 Å². The molecule has 0 radical (unpaired) electrons. The fourth-order valence-electron chi connectivity index (χ4n) is 3.13. The van der Waals surface area contributed by atoms with Gasteiger partial charge in [-0.25, -0.2) is 0 Å². The van der Waals surface area contributed by atoms with Crippen molar-refractivity contribution in [3.05, 3.63) is 0 Å². The van der Waals surface area contributed by atoms with E-state index in [-0.39, 0.29) is 17.9 Å². The Morgan fingerprint density at radius 1 is 1.35 bits per heavy atom. The van der Waals surface area contributed by atoms with Crippen molar-refractivity contribution in [3.63, 3.8) is 0 Å². The van der Waals surface area contributed by atoms with Crippen LogP contribution in [0.25, 0.3) is 0 Å². The molecule has 0 aromatic heterocycles. The zero-order chi connectivity index (χ0) is 17.3. The summed E-state index contributed by atoms with van der Waals surface area (Å²) in [7, 11) is -0.368. The largest absolute Gasteiger partial charge is 0.379 e. The van der Waals surface area contributed by atoms with Gasteiger partial charge in [0.2, 0.25) is 5.91 Å². The number of hydrogen-bond acceptors (Lipinski definition) is 4. The minimum atomic E-state index is -3.45. The van der Waals surface area contributed by atoms with Crippen LogP contribution < -0.4 is 5.32 Å². The average Bonchev–Trinajstić information content (AvgIpc) is 2.43. The van der Waals surface area contributed by atoms with E-state index < -0.39 is 15.6 Å². The quantitative estimate of drug-likeness (QED) is 0.756. The molecule has 23 heavy (non-hydrogen) atoms. The Kier molecular flexibility index (Phi) is 5.71. The van der Waals surface area contributed by atoms with Crippen molar-refractivity contribution in [2.45, 2.75) is 39.2 Å². The maximum absolute atomic E-state index is 12.6.